The Bertz CT molecular complexity index is 1090. The molecule has 5 nitrogen and oxygen atoms in total. The number of ether oxygens (including phenoxy) is 2. The molecule has 0 aliphatic carbocycles. The van der Waals surface area contributed by atoms with Crippen molar-refractivity contribution in [3.63, 3.8) is 0 Å². The molecule has 0 atom stereocenters. The summed E-state index contributed by atoms with van der Waals surface area (Å²) in [5, 5.41) is 12.1. The zero-order valence-electron chi connectivity index (χ0n) is 16.3. The normalized spacial score (nSPS) is 10.8. The maximum Gasteiger partial charge on any atom is 0.266 e. The lowest BCUT2D eigenvalue weighted by atomic mass is 10.1. The Labute approximate surface area is 183 Å². The van der Waals surface area contributed by atoms with Gasteiger partial charge in [0.2, 0.25) is 0 Å². The average molecular weight is 463 g/mol. The van der Waals surface area contributed by atoms with E-state index >= 15 is 0 Å². The van der Waals surface area contributed by atoms with Crippen LogP contribution >= 0.6 is 15.9 Å². The SMILES string of the molecule is COc1cc(/C=C(/C#N)C(=O)Nc2ccc(Br)cc2)ccc1OCc1ccccc1. The topological polar surface area (TPSA) is 71.3 Å². The Morgan fingerprint density at radius 1 is 1.07 bits per heavy atom. The van der Waals surface area contributed by atoms with Crippen molar-refractivity contribution in [1.82, 2.24) is 0 Å². The highest BCUT2D eigenvalue weighted by atomic mass is 79.9. The number of hydrogen-bond acceptors (Lipinski definition) is 4. The molecule has 0 spiro atoms. The molecule has 1 N–H and O–H groups in total. The summed E-state index contributed by atoms with van der Waals surface area (Å²) in [5.74, 6) is 0.616. The van der Waals surface area contributed by atoms with Crippen LogP contribution in [0.4, 0.5) is 5.69 Å². The van der Waals surface area contributed by atoms with Crippen LogP contribution in [0.25, 0.3) is 6.08 Å². The largest absolute Gasteiger partial charge is 0.493 e. The number of methoxy groups -OCH3 is 1. The Hall–Kier alpha value is -3.56. The van der Waals surface area contributed by atoms with Gasteiger partial charge in [0, 0.05) is 10.2 Å². The van der Waals surface area contributed by atoms with Gasteiger partial charge in [0.1, 0.15) is 18.2 Å². The van der Waals surface area contributed by atoms with Crippen molar-refractivity contribution in [2.24, 2.45) is 0 Å². The van der Waals surface area contributed by atoms with E-state index in [4.69, 9.17) is 9.47 Å². The molecule has 3 aromatic rings. The lowest BCUT2D eigenvalue weighted by molar-refractivity contribution is -0.112. The van der Waals surface area contributed by atoms with Gasteiger partial charge in [-0.3, -0.25) is 4.79 Å². The lowest BCUT2D eigenvalue weighted by Gasteiger charge is -2.11. The third kappa shape index (κ3) is 5.72. The molecule has 0 aliphatic heterocycles. The number of rotatable bonds is 7. The lowest BCUT2D eigenvalue weighted by Crippen LogP contribution is -2.13. The van der Waals surface area contributed by atoms with Crippen LogP contribution in [0.15, 0.2) is 82.8 Å². The minimum Gasteiger partial charge on any atom is -0.493 e. The third-order valence-electron chi connectivity index (χ3n) is 4.20. The quantitative estimate of drug-likeness (QED) is 0.367. The molecular weight excluding hydrogens is 444 g/mol. The molecular formula is C24H19BrN2O3. The van der Waals surface area contributed by atoms with E-state index in [1.165, 1.54) is 6.08 Å². The van der Waals surface area contributed by atoms with Crippen molar-refractivity contribution in [2.75, 3.05) is 12.4 Å². The van der Waals surface area contributed by atoms with Crippen LogP contribution < -0.4 is 14.8 Å². The molecule has 0 saturated heterocycles. The van der Waals surface area contributed by atoms with Crippen molar-refractivity contribution in [1.29, 1.82) is 5.26 Å². The second-order valence-electron chi connectivity index (χ2n) is 6.32. The van der Waals surface area contributed by atoms with Gasteiger partial charge in [-0.2, -0.15) is 5.26 Å². The molecule has 6 heteroatoms. The summed E-state index contributed by atoms with van der Waals surface area (Å²) in [5.41, 5.74) is 2.28. The van der Waals surface area contributed by atoms with Crippen LogP contribution in [0.2, 0.25) is 0 Å². The molecule has 0 aromatic heterocycles. The van der Waals surface area contributed by atoms with E-state index in [2.05, 4.69) is 21.2 Å². The molecule has 0 heterocycles. The van der Waals surface area contributed by atoms with E-state index in [0.29, 0.717) is 29.4 Å². The Morgan fingerprint density at radius 2 is 1.80 bits per heavy atom. The van der Waals surface area contributed by atoms with E-state index in [0.717, 1.165) is 10.0 Å². The summed E-state index contributed by atoms with van der Waals surface area (Å²) in [7, 11) is 1.55. The monoisotopic (exact) mass is 462 g/mol. The summed E-state index contributed by atoms with van der Waals surface area (Å²) < 4.78 is 12.2. The summed E-state index contributed by atoms with van der Waals surface area (Å²) in [6.45, 7) is 0.408. The maximum atomic E-state index is 12.4. The molecule has 1 amide bonds. The van der Waals surface area contributed by atoms with Crippen LogP contribution in [0, 0.1) is 11.3 Å². The summed E-state index contributed by atoms with van der Waals surface area (Å²) in [6.07, 6.45) is 1.51. The van der Waals surface area contributed by atoms with E-state index in [-0.39, 0.29) is 5.57 Å². The highest BCUT2D eigenvalue weighted by molar-refractivity contribution is 9.10. The molecule has 30 heavy (non-hydrogen) atoms. The van der Waals surface area contributed by atoms with E-state index in [9.17, 15) is 10.1 Å². The first-order chi connectivity index (χ1) is 14.6. The van der Waals surface area contributed by atoms with Crippen molar-refractivity contribution in [3.8, 4) is 17.6 Å². The first kappa shape index (κ1) is 21.2. The highest BCUT2D eigenvalue weighted by Crippen LogP contribution is 2.29. The van der Waals surface area contributed by atoms with Gasteiger partial charge in [-0.15, -0.1) is 0 Å². The van der Waals surface area contributed by atoms with Crippen molar-refractivity contribution < 1.29 is 14.3 Å². The van der Waals surface area contributed by atoms with Crippen molar-refractivity contribution in [2.45, 2.75) is 6.61 Å². The number of nitriles is 1. The molecule has 3 rings (SSSR count). The number of halogens is 1. The Morgan fingerprint density at radius 3 is 2.47 bits per heavy atom. The van der Waals surface area contributed by atoms with Gasteiger partial charge < -0.3 is 14.8 Å². The van der Waals surface area contributed by atoms with Crippen LogP contribution in [0.1, 0.15) is 11.1 Å². The van der Waals surface area contributed by atoms with Gasteiger partial charge in [-0.25, -0.2) is 0 Å². The zero-order valence-corrected chi connectivity index (χ0v) is 17.8. The summed E-state index contributed by atoms with van der Waals surface area (Å²) >= 11 is 3.34. The van der Waals surface area contributed by atoms with E-state index in [1.54, 1.807) is 37.4 Å². The number of nitrogens with zero attached hydrogens (tertiary/aromatic N) is 1. The maximum absolute atomic E-state index is 12.4. The number of anilines is 1. The number of carbonyl (C=O) groups is 1. The van der Waals surface area contributed by atoms with Gasteiger partial charge >= 0.3 is 0 Å². The van der Waals surface area contributed by atoms with Gasteiger partial charge in [0.25, 0.3) is 5.91 Å². The predicted octanol–water partition coefficient (Wildman–Crippen LogP) is 5.58. The van der Waals surface area contributed by atoms with Gasteiger partial charge in [0.15, 0.2) is 11.5 Å². The molecule has 0 aliphatic rings. The standard InChI is InChI=1S/C24H19BrN2O3/c1-29-23-14-18(7-12-22(23)30-16-17-5-3-2-4-6-17)13-19(15-26)24(28)27-21-10-8-20(25)9-11-21/h2-14H,16H2,1H3,(H,27,28)/b19-13-. The Balaban J connectivity index is 1.74. The van der Waals surface area contributed by atoms with Crippen LogP contribution in [0.3, 0.4) is 0 Å². The van der Waals surface area contributed by atoms with Gasteiger partial charge in [0.05, 0.1) is 7.11 Å². The zero-order chi connectivity index (χ0) is 21.3. The fourth-order valence-corrected chi connectivity index (χ4v) is 2.94. The summed E-state index contributed by atoms with van der Waals surface area (Å²) in [4.78, 5) is 12.4. The van der Waals surface area contributed by atoms with Gasteiger partial charge in [-0.1, -0.05) is 52.3 Å². The van der Waals surface area contributed by atoms with Crippen LogP contribution in [0.5, 0.6) is 11.5 Å². The number of carbonyl (C=O) groups excluding carboxylic acids is 1. The number of hydrogen-bond donors (Lipinski definition) is 1. The molecule has 0 unspecified atom stereocenters. The van der Waals surface area contributed by atoms with E-state index < -0.39 is 5.91 Å². The van der Waals surface area contributed by atoms with Crippen molar-refractivity contribution >= 4 is 33.6 Å². The average Bonchev–Trinajstić information content (AvgIpc) is 2.78. The molecule has 0 fully saturated rings. The third-order valence-corrected chi connectivity index (χ3v) is 4.73. The number of nitrogens with one attached hydrogen (secondary N) is 1. The Kier molecular flexibility index (Phi) is 7.25. The second-order valence-corrected chi connectivity index (χ2v) is 7.23. The summed E-state index contributed by atoms with van der Waals surface area (Å²) in [6, 6.07) is 24.1. The van der Waals surface area contributed by atoms with Crippen LogP contribution in [-0.4, -0.2) is 13.0 Å². The van der Waals surface area contributed by atoms with Crippen molar-refractivity contribution in [3.05, 3.63) is 94.0 Å². The first-order valence-electron chi connectivity index (χ1n) is 9.12. The fraction of sp³-hybridized carbons (Fsp3) is 0.0833. The van der Waals surface area contributed by atoms with Crippen LogP contribution in [-0.2, 0) is 11.4 Å². The molecule has 3 aromatic carbocycles. The second kappa shape index (κ2) is 10.3. The molecule has 0 bridgehead atoms. The molecule has 0 saturated carbocycles. The first-order valence-corrected chi connectivity index (χ1v) is 9.92. The number of amides is 1. The predicted molar refractivity (Wildman–Crippen MR) is 120 cm³/mol. The highest BCUT2D eigenvalue weighted by Gasteiger charge is 2.11. The van der Waals surface area contributed by atoms with Gasteiger partial charge in [-0.05, 0) is 53.6 Å². The minimum absolute atomic E-state index is 0.0158. The van der Waals surface area contributed by atoms with E-state index in [1.807, 2.05) is 48.5 Å². The minimum atomic E-state index is -0.483. The number of benzene rings is 3. The molecule has 0 radical (unpaired) electrons. The fourth-order valence-electron chi connectivity index (χ4n) is 2.68. The molecule has 150 valence electrons. The smallest absolute Gasteiger partial charge is 0.266 e.